The summed E-state index contributed by atoms with van der Waals surface area (Å²) >= 11 is 0. The molecule has 0 saturated carbocycles. The third kappa shape index (κ3) is 2.06. The first-order chi connectivity index (χ1) is 8.33. The van der Waals surface area contributed by atoms with Gasteiger partial charge in [0, 0.05) is 19.1 Å². The second kappa shape index (κ2) is 4.25. The van der Waals surface area contributed by atoms with Gasteiger partial charge in [-0.3, -0.25) is 0 Å². The van der Waals surface area contributed by atoms with Crippen LogP contribution in [0.5, 0.6) is 0 Å². The Kier molecular flexibility index (Phi) is 2.60. The number of nitrogens with two attached hydrogens (primary N) is 1. The van der Waals surface area contributed by atoms with Crippen molar-refractivity contribution < 1.29 is 0 Å². The maximum Gasteiger partial charge on any atom is 0.245 e. The van der Waals surface area contributed by atoms with Crippen molar-refractivity contribution in [1.82, 2.24) is 15.2 Å². The highest BCUT2D eigenvalue weighted by atomic mass is 15.3. The summed E-state index contributed by atoms with van der Waals surface area (Å²) in [4.78, 5) is 6.65. The molecule has 2 heterocycles. The molecule has 0 spiro atoms. The van der Waals surface area contributed by atoms with Crippen LogP contribution in [0.2, 0.25) is 0 Å². The van der Waals surface area contributed by atoms with Crippen LogP contribution in [0.1, 0.15) is 12.8 Å². The molecule has 1 aromatic carbocycles. The largest absolute Gasteiger partial charge is 0.338 e. The predicted molar refractivity (Wildman–Crippen MR) is 66.8 cm³/mol. The molecule has 1 aromatic heterocycles. The van der Waals surface area contributed by atoms with E-state index in [-0.39, 0.29) is 6.04 Å². The molecule has 88 valence electrons. The Morgan fingerprint density at radius 1 is 1.18 bits per heavy atom. The maximum absolute atomic E-state index is 5.96. The zero-order valence-corrected chi connectivity index (χ0v) is 9.58. The lowest BCUT2D eigenvalue weighted by atomic mass is 10.1. The Labute approximate surface area is 99.7 Å². The van der Waals surface area contributed by atoms with E-state index in [9.17, 15) is 0 Å². The maximum atomic E-state index is 5.96. The Morgan fingerprint density at radius 2 is 2.00 bits per heavy atom. The molecule has 17 heavy (non-hydrogen) atoms. The van der Waals surface area contributed by atoms with E-state index in [4.69, 9.17) is 5.73 Å². The highest BCUT2D eigenvalue weighted by molar-refractivity contribution is 5.74. The summed E-state index contributed by atoms with van der Waals surface area (Å²) in [6.45, 7) is 1.79. The molecule has 0 bridgehead atoms. The molecule has 0 aliphatic carbocycles. The van der Waals surface area contributed by atoms with E-state index in [1.165, 1.54) is 0 Å². The zero-order valence-electron chi connectivity index (χ0n) is 9.58. The van der Waals surface area contributed by atoms with Crippen LogP contribution in [0.15, 0.2) is 24.3 Å². The minimum absolute atomic E-state index is 0.221. The van der Waals surface area contributed by atoms with Crippen molar-refractivity contribution in [2.24, 2.45) is 5.73 Å². The summed E-state index contributed by atoms with van der Waals surface area (Å²) in [5.41, 5.74) is 7.67. The lowest BCUT2D eigenvalue weighted by Crippen LogP contribution is -2.43. The average Bonchev–Trinajstić information content (AvgIpc) is 2.38. The standard InChI is InChI=1S/C12H15N5/c13-9-4-3-7-17(8-9)12-14-10-5-1-2-6-11(10)15-16-12/h1-2,5-6,9H,3-4,7-8,13H2. The SMILES string of the molecule is NC1CCCN(c2nnc3ccccc3n2)C1. The number of rotatable bonds is 1. The highest BCUT2D eigenvalue weighted by Crippen LogP contribution is 2.16. The van der Waals surface area contributed by atoms with Crippen LogP contribution in [0, 0.1) is 0 Å². The molecule has 2 aromatic rings. The van der Waals surface area contributed by atoms with Crippen LogP contribution in [0.3, 0.4) is 0 Å². The summed E-state index contributed by atoms with van der Waals surface area (Å²) in [7, 11) is 0. The molecule has 1 aliphatic heterocycles. The third-order valence-electron chi connectivity index (χ3n) is 3.09. The number of fused-ring (bicyclic) bond motifs is 1. The minimum atomic E-state index is 0.221. The number of anilines is 1. The Morgan fingerprint density at radius 3 is 2.82 bits per heavy atom. The van der Waals surface area contributed by atoms with E-state index in [1.54, 1.807) is 0 Å². The Hall–Kier alpha value is -1.75. The number of para-hydroxylation sites is 1. The molecule has 5 nitrogen and oxygen atoms in total. The lowest BCUT2D eigenvalue weighted by molar-refractivity contribution is 0.499. The molecule has 1 unspecified atom stereocenters. The van der Waals surface area contributed by atoms with Gasteiger partial charge in [-0.05, 0) is 25.0 Å². The van der Waals surface area contributed by atoms with Gasteiger partial charge in [0.05, 0.1) is 5.52 Å². The van der Waals surface area contributed by atoms with Crippen LogP contribution in [-0.4, -0.2) is 34.3 Å². The van der Waals surface area contributed by atoms with Crippen LogP contribution in [-0.2, 0) is 0 Å². The van der Waals surface area contributed by atoms with Gasteiger partial charge < -0.3 is 10.6 Å². The fourth-order valence-corrected chi connectivity index (χ4v) is 2.20. The third-order valence-corrected chi connectivity index (χ3v) is 3.09. The summed E-state index contributed by atoms with van der Waals surface area (Å²) in [5, 5.41) is 8.36. The quantitative estimate of drug-likeness (QED) is 0.788. The van der Waals surface area contributed by atoms with Crippen LogP contribution in [0.4, 0.5) is 5.95 Å². The predicted octanol–water partition coefficient (Wildman–Crippen LogP) is 0.952. The number of aromatic nitrogens is 3. The van der Waals surface area contributed by atoms with Gasteiger partial charge in [-0.2, -0.15) is 0 Å². The fraction of sp³-hybridized carbons (Fsp3) is 0.417. The summed E-state index contributed by atoms with van der Waals surface area (Å²) in [6, 6.07) is 8.00. The average molecular weight is 229 g/mol. The molecular weight excluding hydrogens is 214 g/mol. The van der Waals surface area contributed by atoms with Crippen LogP contribution in [0.25, 0.3) is 11.0 Å². The summed E-state index contributed by atoms with van der Waals surface area (Å²) in [5.74, 6) is 0.693. The van der Waals surface area contributed by atoms with Gasteiger partial charge in [-0.15, -0.1) is 10.2 Å². The topological polar surface area (TPSA) is 67.9 Å². The van der Waals surface area contributed by atoms with Gasteiger partial charge in [-0.25, -0.2) is 4.98 Å². The first-order valence-electron chi connectivity index (χ1n) is 5.93. The molecule has 1 aliphatic rings. The van der Waals surface area contributed by atoms with E-state index in [1.807, 2.05) is 24.3 Å². The first-order valence-corrected chi connectivity index (χ1v) is 5.93. The van der Waals surface area contributed by atoms with E-state index in [0.717, 1.165) is 37.0 Å². The molecule has 1 fully saturated rings. The summed E-state index contributed by atoms with van der Waals surface area (Å²) in [6.07, 6.45) is 2.18. The highest BCUT2D eigenvalue weighted by Gasteiger charge is 2.19. The van der Waals surface area contributed by atoms with Gasteiger partial charge in [-0.1, -0.05) is 12.1 Å². The van der Waals surface area contributed by atoms with Crippen LogP contribution < -0.4 is 10.6 Å². The van der Waals surface area contributed by atoms with E-state index in [2.05, 4.69) is 20.1 Å². The van der Waals surface area contributed by atoms with Crippen LogP contribution >= 0.6 is 0 Å². The van der Waals surface area contributed by atoms with Gasteiger partial charge in [0.15, 0.2) is 0 Å². The molecule has 3 rings (SSSR count). The molecule has 1 saturated heterocycles. The van der Waals surface area contributed by atoms with Gasteiger partial charge in [0.1, 0.15) is 5.52 Å². The van der Waals surface area contributed by atoms with Crippen molar-refractivity contribution in [2.75, 3.05) is 18.0 Å². The molecule has 2 N–H and O–H groups in total. The minimum Gasteiger partial charge on any atom is -0.338 e. The first kappa shape index (κ1) is 10.4. The van der Waals surface area contributed by atoms with E-state index in [0.29, 0.717) is 5.95 Å². The van der Waals surface area contributed by atoms with E-state index >= 15 is 0 Å². The molecule has 1 atom stereocenters. The van der Waals surface area contributed by atoms with Crippen molar-refractivity contribution in [3.05, 3.63) is 24.3 Å². The number of hydrogen-bond donors (Lipinski definition) is 1. The van der Waals surface area contributed by atoms with Crippen molar-refractivity contribution in [3.8, 4) is 0 Å². The zero-order chi connectivity index (χ0) is 11.7. The number of nitrogens with zero attached hydrogens (tertiary/aromatic N) is 4. The fourth-order valence-electron chi connectivity index (χ4n) is 2.20. The van der Waals surface area contributed by atoms with Gasteiger partial charge in [0.2, 0.25) is 5.95 Å². The molecular formula is C12H15N5. The molecule has 0 radical (unpaired) electrons. The monoisotopic (exact) mass is 229 g/mol. The molecule has 0 amide bonds. The normalized spacial score (nSPS) is 20.8. The number of hydrogen-bond acceptors (Lipinski definition) is 5. The Bertz CT molecular complexity index is 527. The van der Waals surface area contributed by atoms with E-state index < -0.39 is 0 Å². The number of piperidine rings is 1. The van der Waals surface area contributed by atoms with Gasteiger partial charge in [0.25, 0.3) is 0 Å². The van der Waals surface area contributed by atoms with Crippen molar-refractivity contribution in [1.29, 1.82) is 0 Å². The van der Waals surface area contributed by atoms with Crippen molar-refractivity contribution in [3.63, 3.8) is 0 Å². The lowest BCUT2D eigenvalue weighted by Gasteiger charge is -2.30. The molecule has 5 heteroatoms. The number of benzene rings is 1. The van der Waals surface area contributed by atoms with Crippen molar-refractivity contribution >= 4 is 17.0 Å². The second-order valence-electron chi connectivity index (χ2n) is 4.45. The summed E-state index contributed by atoms with van der Waals surface area (Å²) < 4.78 is 0. The van der Waals surface area contributed by atoms with Crippen molar-refractivity contribution in [2.45, 2.75) is 18.9 Å². The Balaban J connectivity index is 1.94. The smallest absolute Gasteiger partial charge is 0.245 e. The second-order valence-corrected chi connectivity index (χ2v) is 4.45. The van der Waals surface area contributed by atoms with Gasteiger partial charge >= 0.3 is 0 Å².